The number of thiazole rings is 1. The summed E-state index contributed by atoms with van der Waals surface area (Å²) >= 11 is 1.75. The fourth-order valence-electron chi connectivity index (χ4n) is 1.91. The van der Waals surface area contributed by atoms with Gasteiger partial charge in [0, 0.05) is 38.2 Å². The summed E-state index contributed by atoms with van der Waals surface area (Å²) < 4.78 is 5.17. The van der Waals surface area contributed by atoms with E-state index in [-0.39, 0.29) is 0 Å². The van der Waals surface area contributed by atoms with Crippen molar-refractivity contribution >= 4 is 11.3 Å². The zero-order valence-electron chi connectivity index (χ0n) is 13.5. The first kappa shape index (κ1) is 17.6. The van der Waals surface area contributed by atoms with E-state index in [0.29, 0.717) is 12.0 Å². The number of nitrogens with zero attached hydrogens (tertiary/aromatic N) is 2. The molecule has 0 spiro atoms. The van der Waals surface area contributed by atoms with Gasteiger partial charge < -0.3 is 10.1 Å². The lowest BCUT2D eigenvalue weighted by atomic mass is 10.2. The van der Waals surface area contributed by atoms with Crippen LogP contribution in [0.1, 0.15) is 38.4 Å². The van der Waals surface area contributed by atoms with Crippen molar-refractivity contribution in [3.8, 4) is 0 Å². The minimum Gasteiger partial charge on any atom is -0.383 e. The van der Waals surface area contributed by atoms with Crippen LogP contribution in [0.4, 0.5) is 0 Å². The molecular weight excluding hydrogens is 270 g/mol. The second-order valence-electron chi connectivity index (χ2n) is 5.81. The van der Waals surface area contributed by atoms with Crippen LogP contribution in [0.15, 0.2) is 5.38 Å². The van der Waals surface area contributed by atoms with Crippen LogP contribution < -0.4 is 5.32 Å². The number of nitrogens with one attached hydrogen (secondary N) is 1. The summed E-state index contributed by atoms with van der Waals surface area (Å²) in [5.74, 6) is 0.680. The van der Waals surface area contributed by atoms with Crippen molar-refractivity contribution in [3.63, 3.8) is 0 Å². The fourth-order valence-corrected chi connectivity index (χ4v) is 2.66. The molecule has 116 valence electrons. The van der Waals surface area contributed by atoms with Gasteiger partial charge in [0.1, 0.15) is 5.01 Å². The highest BCUT2D eigenvalue weighted by Crippen LogP contribution is 2.13. The van der Waals surface area contributed by atoms with E-state index >= 15 is 0 Å². The van der Waals surface area contributed by atoms with Crippen molar-refractivity contribution in [1.29, 1.82) is 0 Å². The third-order valence-electron chi connectivity index (χ3n) is 3.11. The van der Waals surface area contributed by atoms with Crippen LogP contribution in [0.25, 0.3) is 0 Å². The van der Waals surface area contributed by atoms with Crippen LogP contribution in [-0.2, 0) is 17.8 Å². The van der Waals surface area contributed by atoms with E-state index < -0.39 is 0 Å². The quantitative estimate of drug-likeness (QED) is 0.721. The maximum atomic E-state index is 5.17. The predicted octanol–water partition coefficient (Wildman–Crippen LogP) is 2.75. The zero-order valence-corrected chi connectivity index (χ0v) is 14.3. The molecule has 0 aromatic carbocycles. The minimum atomic E-state index is 0.509. The fraction of sp³-hybridized carbons (Fsp3) is 0.800. The maximum absolute atomic E-state index is 5.17. The Bertz CT molecular complexity index is 366. The van der Waals surface area contributed by atoms with Crippen LogP contribution in [0, 0.1) is 5.92 Å². The van der Waals surface area contributed by atoms with Gasteiger partial charge >= 0.3 is 0 Å². The van der Waals surface area contributed by atoms with E-state index in [1.165, 1.54) is 10.7 Å². The minimum absolute atomic E-state index is 0.509. The lowest BCUT2D eigenvalue weighted by Gasteiger charge is -2.25. The standard InChI is InChI=1S/C15H29N3OS/c1-12(2)8-16-9-15-17-14(11-20-15)10-18(13(3)4)6-7-19-5/h11-13,16H,6-10H2,1-5H3. The number of hydrogen-bond acceptors (Lipinski definition) is 5. The van der Waals surface area contributed by atoms with Crippen LogP contribution in [0.3, 0.4) is 0 Å². The molecule has 1 rings (SSSR count). The van der Waals surface area contributed by atoms with Crippen LogP contribution in [0.5, 0.6) is 0 Å². The van der Waals surface area contributed by atoms with Gasteiger partial charge in [0.2, 0.25) is 0 Å². The zero-order chi connectivity index (χ0) is 15.0. The second-order valence-corrected chi connectivity index (χ2v) is 6.76. The van der Waals surface area contributed by atoms with E-state index in [2.05, 4.69) is 43.3 Å². The van der Waals surface area contributed by atoms with Gasteiger partial charge in [-0.1, -0.05) is 13.8 Å². The van der Waals surface area contributed by atoms with Crippen molar-refractivity contribution in [3.05, 3.63) is 16.1 Å². The van der Waals surface area contributed by atoms with Gasteiger partial charge in [0.15, 0.2) is 0 Å². The SMILES string of the molecule is COCCN(Cc1csc(CNCC(C)C)n1)C(C)C. The molecule has 1 aromatic rings. The van der Waals surface area contributed by atoms with Crippen molar-refractivity contribution in [2.24, 2.45) is 5.92 Å². The highest BCUT2D eigenvalue weighted by Gasteiger charge is 2.12. The Morgan fingerprint density at radius 1 is 1.35 bits per heavy atom. The first-order valence-electron chi connectivity index (χ1n) is 7.40. The summed E-state index contributed by atoms with van der Waals surface area (Å²) in [6.07, 6.45) is 0. The van der Waals surface area contributed by atoms with E-state index in [4.69, 9.17) is 9.72 Å². The van der Waals surface area contributed by atoms with Gasteiger partial charge in [-0.3, -0.25) is 4.90 Å². The van der Waals surface area contributed by atoms with Crippen molar-refractivity contribution in [1.82, 2.24) is 15.2 Å². The molecule has 0 saturated heterocycles. The monoisotopic (exact) mass is 299 g/mol. The third-order valence-corrected chi connectivity index (χ3v) is 4.00. The predicted molar refractivity (Wildman–Crippen MR) is 86.1 cm³/mol. The lowest BCUT2D eigenvalue weighted by molar-refractivity contribution is 0.124. The smallest absolute Gasteiger partial charge is 0.107 e. The molecule has 20 heavy (non-hydrogen) atoms. The van der Waals surface area contributed by atoms with Gasteiger partial charge in [-0.15, -0.1) is 11.3 Å². The normalized spacial score (nSPS) is 12.0. The number of aromatic nitrogens is 1. The summed E-state index contributed by atoms with van der Waals surface area (Å²) in [6, 6.07) is 0.509. The largest absolute Gasteiger partial charge is 0.383 e. The number of methoxy groups -OCH3 is 1. The highest BCUT2D eigenvalue weighted by molar-refractivity contribution is 7.09. The van der Waals surface area contributed by atoms with Crippen LogP contribution >= 0.6 is 11.3 Å². The summed E-state index contributed by atoms with van der Waals surface area (Å²) in [7, 11) is 1.75. The Balaban J connectivity index is 2.44. The molecule has 0 radical (unpaired) electrons. The molecule has 0 saturated carbocycles. The first-order valence-corrected chi connectivity index (χ1v) is 8.27. The topological polar surface area (TPSA) is 37.4 Å². The Morgan fingerprint density at radius 2 is 2.10 bits per heavy atom. The Hall–Kier alpha value is -0.490. The number of rotatable bonds is 10. The number of hydrogen-bond donors (Lipinski definition) is 1. The molecule has 0 fully saturated rings. The summed E-state index contributed by atoms with van der Waals surface area (Å²) in [4.78, 5) is 7.10. The molecule has 0 aliphatic rings. The summed E-state index contributed by atoms with van der Waals surface area (Å²) in [5.41, 5.74) is 1.17. The molecule has 0 atom stereocenters. The summed E-state index contributed by atoms with van der Waals surface area (Å²) in [6.45, 7) is 13.4. The van der Waals surface area contributed by atoms with E-state index in [9.17, 15) is 0 Å². The molecular formula is C15H29N3OS. The number of ether oxygens (including phenoxy) is 1. The Kier molecular flexibility index (Phi) is 8.30. The lowest BCUT2D eigenvalue weighted by Crippen LogP contribution is -2.33. The van der Waals surface area contributed by atoms with E-state index in [1.807, 2.05) is 0 Å². The Labute approximate surface area is 127 Å². The summed E-state index contributed by atoms with van der Waals surface area (Å²) in [5, 5.41) is 6.79. The van der Waals surface area contributed by atoms with Gasteiger partial charge in [0.25, 0.3) is 0 Å². The van der Waals surface area contributed by atoms with Gasteiger partial charge in [-0.25, -0.2) is 4.98 Å². The molecule has 0 aliphatic heterocycles. The van der Waals surface area contributed by atoms with Crippen molar-refractivity contribution < 1.29 is 4.74 Å². The molecule has 1 N–H and O–H groups in total. The van der Waals surface area contributed by atoms with Gasteiger partial charge in [-0.05, 0) is 26.3 Å². The van der Waals surface area contributed by atoms with Gasteiger partial charge in [0.05, 0.1) is 12.3 Å². The van der Waals surface area contributed by atoms with Crippen LogP contribution in [-0.4, -0.2) is 42.7 Å². The van der Waals surface area contributed by atoms with Crippen molar-refractivity contribution in [2.45, 2.75) is 46.8 Å². The average molecular weight is 299 g/mol. The molecule has 0 unspecified atom stereocenters. The molecule has 5 heteroatoms. The molecule has 0 amide bonds. The third kappa shape index (κ3) is 6.79. The van der Waals surface area contributed by atoms with Gasteiger partial charge in [-0.2, -0.15) is 0 Å². The molecule has 1 aromatic heterocycles. The molecule has 0 bridgehead atoms. The Morgan fingerprint density at radius 3 is 2.70 bits per heavy atom. The average Bonchev–Trinajstić information content (AvgIpc) is 2.81. The van der Waals surface area contributed by atoms with Crippen molar-refractivity contribution in [2.75, 3.05) is 26.8 Å². The first-order chi connectivity index (χ1) is 9.52. The highest BCUT2D eigenvalue weighted by atomic mass is 32.1. The maximum Gasteiger partial charge on any atom is 0.107 e. The van der Waals surface area contributed by atoms with Crippen LogP contribution in [0.2, 0.25) is 0 Å². The molecule has 0 aliphatic carbocycles. The second kappa shape index (κ2) is 9.45. The van der Waals surface area contributed by atoms with E-state index in [0.717, 1.165) is 32.8 Å². The molecule has 4 nitrogen and oxygen atoms in total. The van der Waals surface area contributed by atoms with E-state index in [1.54, 1.807) is 18.4 Å². The molecule has 1 heterocycles.